The Morgan fingerprint density at radius 1 is 1.03 bits per heavy atom. The van der Waals surface area contributed by atoms with Gasteiger partial charge in [0.25, 0.3) is 5.91 Å². The van der Waals surface area contributed by atoms with Gasteiger partial charge in [-0.05, 0) is 49.7 Å². The first-order valence-electron chi connectivity index (χ1n) is 12.0. The van der Waals surface area contributed by atoms with Gasteiger partial charge in [-0.25, -0.2) is 9.69 Å². The van der Waals surface area contributed by atoms with Crippen molar-refractivity contribution < 1.29 is 23.9 Å². The van der Waals surface area contributed by atoms with Crippen LogP contribution in [0.3, 0.4) is 0 Å². The Kier molecular flexibility index (Phi) is 8.14. The highest BCUT2D eigenvalue weighted by atomic mass is 16.5. The van der Waals surface area contributed by atoms with E-state index in [1.807, 2.05) is 38.1 Å². The summed E-state index contributed by atoms with van der Waals surface area (Å²) < 4.78 is 11.6. The van der Waals surface area contributed by atoms with Crippen molar-refractivity contribution >= 4 is 29.2 Å². The summed E-state index contributed by atoms with van der Waals surface area (Å²) in [5.74, 6) is -0.162. The van der Waals surface area contributed by atoms with Crippen LogP contribution in [-0.4, -0.2) is 41.6 Å². The first-order valence-corrected chi connectivity index (χ1v) is 12.0. The second-order valence-electron chi connectivity index (χ2n) is 8.60. The number of aryl methyl sites for hydroxylation is 1. The predicted molar refractivity (Wildman–Crippen MR) is 141 cm³/mol. The van der Waals surface area contributed by atoms with E-state index in [2.05, 4.69) is 16.4 Å². The molecule has 0 aliphatic carbocycles. The molecule has 0 radical (unpaired) electrons. The fourth-order valence-corrected chi connectivity index (χ4v) is 3.86. The Bertz CT molecular complexity index is 1440. The van der Waals surface area contributed by atoms with E-state index in [0.29, 0.717) is 34.9 Å². The van der Waals surface area contributed by atoms with E-state index in [1.165, 1.54) is 0 Å². The Balaban J connectivity index is 1.41. The van der Waals surface area contributed by atoms with E-state index in [4.69, 9.17) is 9.47 Å². The Labute approximate surface area is 220 Å². The second kappa shape index (κ2) is 11.8. The summed E-state index contributed by atoms with van der Waals surface area (Å²) in [5, 5.41) is 12.0. The molecule has 9 heteroatoms. The Morgan fingerprint density at radius 3 is 2.53 bits per heavy atom. The number of urea groups is 1. The monoisotopic (exact) mass is 510 g/mol. The van der Waals surface area contributed by atoms with Gasteiger partial charge in [-0.15, -0.1) is 0 Å². The van der Waals surface area contributed by atoms with Crippen LogP contribution in [-0.2, 0) is 22.6 Å². The van der Waals surface area contributed by atoms with E-state index >= 15 is 0 Å². The van der Waals surface area contributed by atoms with Gasteiger partial charge in [0.15, 0.2) is 11.5 Å². The lowest BCUT2D eigenvalue weighted by Gasteiger charge is -2.15. The summed E-state index contributed by atoms with van der Waals surface area (Å²) in [6, 6.07) is 20.9. The Hall–Kier alpha value is -4.97. The summed E-state index contributed by atoms with van der Waals surface area (Å²) in [4.78, 5) is 42.4. The number of hydrogen-bond donors (Lipinski definition) is 1. The summed E-state index contributed by atoms with van der Waals surface area (Å²) >= 11 is 0. The molecule has 3 aromatic carbocycles. The third-order valence-electron chi connectivity index (χ3n) is 5.79. The van der Waals surface area contributed by atoms with Gasteiger partial charge in [-0.3, -0.25) is 9.59 Å². The van der Waals surface area contributed by atoms with Gasteiger partial charge >= 0.3 is 6.03 Å². The van der Waals surface area contributed by atoms with Gasteiger partial charge in [-0.1, -0.05) is 42.0 Å². The lowest BCUT2D eigenvalue weighted by molar-refractivity contribution is -0.125. The van der Waals surface area contributed by atoms with Crippen LogP contribution in [0, 0.1) is 18.3 Å². The number of amides is 4. The molecule has 0 atom stereocenters. The molecule has 4 amide bonds. The van der Waals surface area contributed by atoms with Crippen molar-refractivity contribution in [3.63, 3.8) is 0 Å². The van der Waals surface area contributed by atoms with Crippen LogP contribution in [0.25, 0.3) is 0 Å². The molecule has 0 bridgehead atoms. The molecule has 0 spiro atoms. The summed E-state index contributed by atoms with van der Waals surface area (Å²) in [6.45, 7) is 3.91. The molecule has 0 fully saturated rings. The van der Waals surface area contributed by atoms with E-state index in [-0.39, 0.29) is 18.7 Å². The topological polar surface area (TPSA) is 121 Å². The maximum atomic E-state index is 12.9. The van der Waals surface area contributed by atoms with E-state index in [0.717, 1.165) is 16.0 Å². The van der Waals surface area contributed by atoms with Crippen LogP contribution in [0.2, 0.25) is 0 Å². The fourth-order valence-electron chi connectivity index (χ4n) is 3.86. The average Bonchev–Trinajstić information content (AvgIpc) is 3.17. The van der Waals surface area contributed by atoms with Crippen LogP contribution >= 0.6 is 0 Å². The lowest BCUT2D eigenvalue weighted by atomic mass is 10.1. The van der Waals surface area contributed by atoms with Gasteiger partial charge in [0.1, 0.15) is 18.9 Å². The highest BCUT2D eigenvalue weighted by molar-refractivity contribution is 6.46. The molecule has 0 saturated heterocycles. The van der Waals surface area contributed by atoms with Gasteiger partial charge in [0.05, 0.1) is 18.2 Å². The van der Waals surface area contributed by atoms with Crippen LogP contribution < -0.4 is 14.8 Å². The van der Waals surface area contributed by atoms with Crippen LogP contribution in [0.1, 0.15) is 29.2 Å². The highest BCUT2D eigenvalue weighted by Crippen LogP contribution is 2.30. The molecule has 3 aromatic rings. The average molecular weight is 511 g/mol. The zero-order valence-electron chi connectivity index (χ0n) is 21.1. The van der Waals surface area contributed by atoms with Crippen LogP contribution in [0.15, 0.2) is 71.7 Å². The van der Waals surface area contributed by atoms with E-state index < -0.39 is 24.4 Å². The van der Waals surface area contributed by atoms with Crippen molar-refractivity contribution in [1.82, 2.24) is 4.90 Å². The lowest BCUT2D eigenvalue weighted by Crippen LogP contribution is -2.39. The number of carbonyl (C=O) groups excluding carboxylic acids is 3. The molecule has 0 saturated carbocycles. The SMILES string of the molecule is CCOc1cc(CC2=NC(=O)N(CC(=O)Nc3ccc(C)cc3)C2=O)ccc1OCc1ccccc1C#N. The molecule has 1 aliphatic heterocycles. The third kappa shape index (κ3) is 6.23. The molecule has 0 aromatic heterocycles. The molecule has 1 aliphatic rings. The summed E-state index contributed by atoms with van der Waals surface area (Å²) in [6.07, 6.45) is 0.0816. The summed E-state index contributed by atoms with van der Waals surface area (Å²) in [5.41, 5.74) is 3.62. The molecule has 38 heavy (non-hydrogen) atoms. The Morgan fingerprint density at radius 2 is 1.79 bits per heavy atom. The maximum absolute atomic E-state index is 12.9. The number of ether oxygens (including phenoxy) is 2. The highest BCUT2D eigenvalue weighted by Gasteiger charge is 2.34. The number of benzene rings is 3. The predicted octanol–water partition coefficient (Wildman–Crippen LogP) is 4.43. The minimum absolute atomic E-state index is 0.0391. The zero-order valence-corrected chi connectivity index (χ0v) is 21.1. The number of anilines is 1. The number of nitriles is 1. The van der Waals surface area contributed by atoms with Gasteiger partial charge in [0.2, 0.25) is 5.91 Å². The second-order valence-corrected chi connectivity index (χ2v) is 8.60. The number of aliphatic imine (C=N–C) groups is 1. The number of nitrogens with one attached hydrogen (secondary N) is 1. The number of imide groups is 1. The minimum atomic E-state index is -0.773. The normalized spacial score (nSPS) is 12.7. The van der Waals surface area contributed by atoms with Crippen molar-refractivity contribution in [3.8, 4) is 17.6 Å². The summed E-state index contributed by atoms with van der Waals surface area (Å²) in [7, 11) is 0. The number of carbonyl (C=O) groups is 3. The zero-order chi connectivity index (χ0) is 27.1. The van der Waals surface area contributed by atoms with Crippen molar-refractivity contribution in [3.05, 3.63) is 89.0 Å². The standard InChI is InChI=1S/C29H26N4O5/c1-3-37-26-15-20(10-13-25(26)38-18-22-7-5-4-6-21(22)16-30)14-24-28(35)33(29(36)32-24)17-27(34)31-23-11-8-19(2)9-12-23/h4-13,15H,3,14,17-18H2,1-2H3,(H,31,34). The largest absolute Gasteiger partial charge is 0.490 e. The number of nitrogens with zero attached hydrogens (tertiary/aromatic N) is 3. The molecule has 1 heterocycles. The first-order chi connectivity index (χ1) is 18.4. The molecule has 9 nitrogen and oxygen atoms in total. The van der Waals surface area contributed by atoms with Crippen LogP contribution in [0.5, 0.6) is 11.5 Å². The molecular weight excluding hydrogens is 484 g/mol. The molecule has 0 unspecified atom stereocenters. The molecular formula is C29H26N4O5. The number of hydrogen-bond acceptors (Lipinski definition) is 6. The smallest absolute Gasteiger partial charge is 0.351 e. The van der Waals surface area contributed by atoms with Gasteiger partial charge < -0.3 is 14.8 Å². The first kappa shape index (κ1) is 26.1. The van der Waals surface area contributed by atoms with Crippen molar-refractivity contribution in [1.29, 1.82) is 5.26 Å². The molecule has 1 N–H and O–H groups in total. The van der Waals surface area contributed by atoms with Crippen molar-refractivity contribution in [2.75, 3.05) is 18.5 Å². The van der Waals surface area contributed by atoms with Crippen molar-refractivity contribution in [2.45, 2.75) is 26.9 Å². The number of rotatable bonds is 10. The van der Waals surface area contributed by atoms with Crippen LogP contribution in [0.4, 0.5) is 10.5 Å². The van der Waals surface area contributed by atoms with Gasteiger partial charge in [0, 0.05) is 17.7 Å². The van der Waals surface area contributed by atoms with Gasteiger partial charge in [-0.2, -0.15) is 10.3 Å². The molecule has 192 valence electrons. The van der Waals surface area contributed by atoms with E-state index in [9.17, 15) is 19.6 Å². The molecule has 4 rings (SSSR count). The quantitative estimate of drug-likeness (QED) is 0.431. The minimum Gasteiger partial charge on any atom is -0.490 e. The van der Waals surface area contributed by atoms with E-state index in [1.54, 1.807) is 42.5 Å². The fraction of sp³-hybridized carbons (Fsp3) is 0.207. The van der Waals surface area contributed by atoms with Crippen molar-refractivity contribution in [2.24, 2.45) is 4.99 Å². The third-order valence-corrected chi connectivity index (χ3v) is 5.79. The maximum Gasteiger partial charge on any atom is 0.351 e.